The van der Waals surface area contributed by atoms with Crippen molar-refractivity contribution in [2.24, 2.45) is 0 Å². The van der Waals surface area contributed by atoms with Gasteiger partial charge in [-0.15, -0.1) is 0 Å². The normalized spacial score (nSPS) is 15.0. The highest BCUT2D eigenvalue weighted by atomic mass is 19.1. The van der Waals surface area contributed by atoms with E-state index in [1.165, 1.54) is 6.07 Å². The van der Waals surface area contributed by atoms with Gasteiger partial charge in [-0.2, -0.15) is 0 Å². The Labute approximate surface area is 183 Å². The summed E-state index contributed by atoms with van der Waals surface area (Å²) in [6.45, 7) is 10.0. The molecule has 1 fully saturated rings. The van der Waals surface area contributed by atoms with Crippen LogP contribution in [0.2, 0.25) is 0 Å². The maximum atomic E-state index is 14.0. The lowest BCUT2D eigenvalue weighted by molar-refractivity contribution is 0.206. The van der Waals surface area contributed by atoms with Crippen LogP contribution in [-0.2, 0) is 6.54 Å². The Balaban J connectivity index is 1.21. The van der Waals surface area contributed by atoms with Crippen molar-refractivity contribution in [3.63, 3.8) is 0 Å². The molecule has 6 nitrogen and oxygen atoms in total. The summed E-state index contributed by atoms with van der Waals surface area (Å²) >= 11 is 0. The van der Waals surface area contributed by atoms with Gasteiger partial charge in [0.1, 0.15) is 17.3 Å². The lowest BCUT2D eigenvalue weighted by Gasteiger charge is -2.35. The minimum absolute atomic E-state index is 0.280. The monoisotopic (exact) mass is 423 g/mol. The number of rotatable bonds is 9. The third-order valence-electron chi connectivity index (χ3n) is 5.83. The SMILES string of the molecule is CCN(CCCN1CCN(c2ccccn2)CC1)Cc1cc(-c2ccccc2F)no1. The number of nitrogens with zero attached hydrogens (tertiary/aromatic N) is 5. The van der Waals surface area contributed by atoms with Gasteiger partial charge >= 0.3 is 0 Å². The van der Waals surface area contributed by atoms with Gasteiger partial charge in [0.15, 0.2) is 5.76 Å². The smallest absolute Gasteiger partial charge is 0.151 e. The summed E-state index contributed by atoms with van der Waals surface area (Å²) < 4.78 is 19.5. The first-order chi connectivity index (χ1) is 15.2. The van der Waals surface area contributed by atoms with Crippen LogP contribution in [0.5, 0.6) is 0 Å². The Morgan fingerprint density at radius 1 is 1.06 bits per heavy atom. The largest absolute Gasteiger partial charge is 0.359 e. The molecule has 3 aromatic rings. The van der Waals surface area contributed by atoms with Gasteiger partial charge in [0.05, 0.1) is 6.54 Å². The summed E-state index contributed by atoms with van der Waals surface area (Å²) in [5.74, 6) is 1.56. The van der Waals surface area contributed by atoms with Gasteiger partial charge in [0, 0.05) is 44.0 Å². The van der Waals surface area contributed by atoms with Gasteiger partial charge < -0.3 is 9.42 Å². The van der Waals surface area contributed by atoms with Crippen LogP contribution >= 0.6 is 0 Å². The van der Waals surface area contributed by atoms with Gasteiger partial charge in [-0.1, -0.05) is 30.3 Å². The lowest BCUT2D eigenvalue weighted by Crippen LogP contribution is -2.47. The second-order valence-electron chi connectivity index (χ2n) is 7.90. The van der Waals surface area contributed by atoms with E-state index in [1.807, 2.05) is 24.4 Å². The van der Waals surface area contributed by atoms with E-state index in [0.717, 1.165) is 63.8 Å². The highest BCUT2D eigenvalue weighted by Crippen LogP contribution is 2.22. The molecule has 1 aromatic carbocycles. The molecule has 7 heteroatoms. The number of piperazine rings is 1. The quantitative estimate of drug-likeness (QED) is 0.520. The van der Waals surface area contributed by atoms with Crippen LogP contribution < -0.4 is 4.90 Å². The van der Waals surface area contributed by atoms with Gasteiger partial charge in [-0.05, 0) is 50.3 Å². The number of aromatic nitrogens is 2. The van der Waals surface area contributed by atoms with E-state index in [9.17, 15) is 4.39 Å². The Morgan fingerprint density at radius 2 is 1.87 bits per heavy atom. The molecule has 1 aliphatic rings. The minimum Gasteiger partial charge on any atom is -0.359 e. The van der Waals surface area contributed by atoms with E-state index in [-0.39, 0.29) is 5.82 Å². The molecule has 0 spiro atoms. The molecule has 4 rings (SSSR count). The van der Waals surface area contributed by atoms with Crippen molar-refractivity contribution >= 4 is 5.82 Å². The zero-order valence-corrected chi connectivity index (χ0v) is 18.1. The molecule has 1 saturated heterocycles. The molecule has 1 aliphatic heterocycles. The first-order valence-corrected chi connectivity index (χ1v) is 11.0. The van der Waals surface area contributed by atoms with Gasteiger partial charge in [0.25, 0.3) is 0 Å². The summed E-state index contributed by atoms with van der Waals surface area (Å²) in [6, 6.07) is 14.6. The third kappa shape index (κ3) is 5.68. The number of hydrogen-bond donors (Lipinski definition) is 0. The standard InChI is InChI=1S/C24H30FN5O/c1-2-28(19-20-18-23(27-31-20)21-8-3-4-9-22(21)25)12-7-13-29-14-16-30(17-15-29)24-10-5-6-11-26-24/h3-6,8-11,18H,2,7,12-17,19H2,1H3. The lowest BCUT2D eigenvalue weighted by atomic mass is 10.1. The summed E-state index contributed by atoms with van der Waals surface area (Å²) in [5, 5.41) is 4.06. The zero-order chi connectivity index (χ0) is 21.5. The molecule has 0 N–H and O–H groups in total. The number of hydrogen-bond acceptors (Lipinski definition) is 6. The first-order valence-electron chi connectivity index (χ1n) is 11.0. The number of pyridine rings is 1. The van der Waals surface area contributed by atoms with Crippen molar-refractivity contribution < 1.29 is 8.91 Å². The maximum absolute atomic E-state index is 14.0. The molecule has 2 aromatic heterocycles. The van der Waals surface area contributed by atoms with Crippen LogP contribution in [0.15, 0.2) is 59.3 Å². The molecule has 31 heavy (non-hydrogen) atoms. The van der Waals surface area contributed by atoms with E-state index in [2.05, 4.69) is 37.8 Å². The van der Waals surface area contributed by atoms with Crippen molar-refractivity contribution in [3.05, 3.63) is 66.3 Å². The fourth-order valence-electron chi connectivity index (χ4n) is 4.01. The van der Waals surface area contributed by atoms with Crippen molar-refractivity contribution in [2.45, 2.75) is 19.9 Å². The second-order valence-corrected chi connectivity index (χ2v) is 7.90. The number of halogens is 1. The van der Waals surface area contributed by atoms with Crippen molar-refractivity contribution in [1.29, 1.82) is 0 Å². The van der Waals surface area contributed by atoms with Crippen molar-refractivity contribution in [1.82, 2.24) is 19.9 Å². The topological polar surface area (TPSA) is 48.6 Å². The molecule has 0 saturated carbocycles. The van der Waals surface area contributed by atoms with E-state index < -0.39 is 0 Å². The average molecular weight is 424 g/mol. The van der Waals surface area contributed by atoms with Crippen LogP contribution in [0, 0.1) is 5.82 Å². The second kappa shape index (κ2) is 10.5. The predicted octanol–water partition coefficient (Wildman–Crippen LogP) is 3.91. The van der Waals surface area contributed by atoms with Crippen LogP contribution in [-0.4, -0.2) is 65.8 Å². The maximum Gasteiger partial charge on any atom is 0.151 e. The molecular formula is C24H30FN5O. The van der Waals surface area contributed by atoms with Crippen molar-refractivity contribution in [3.8, 4) is 11.3 Å². The summed E-state index contributed by atoms with van der Waals surface area (Å²) in [5.41, 5.74) is 1.03. The molecule has 0 bridgehead atoms. The summed E-state index contributed by atoms with van der Waals surface area (Å²) in [4.78, 5) is 11.7. The van der Waals surface area contributed by atoms with E-state index >= 15 is 0 Å². The number of benzene rings is 1. The molecule has 0 amide bonds. The number of anilines is 1. The van der Waals surface area contributed by atoms with Gasteiger partial charge in [-0.3, -0.25) is 9.80 Å². The predicted molar refractivity (Wildman–Crippen MR) is 120 cm³/mol. The summed E-state index contributed by atoms with van der Waals surface area (Å²) in [7, 11) is 0. The van der Waals surface area contributed by atoms with Crippen LogP contribution in [0.1, 0.15) is 19.1 Å². The van der Waals surface area contributed by atoms with Crippen molar-refractivity contribution in [2.75, 3.05) is 50.7 Å². The Morgan fingerprint density at radius 3 is 2.61 bits per heavy atom. The highest BCUT2D eigenvalue weighted by Gasteiger charge is 2.18. The Hall–Kier alpha value is -2.77. The van der Waals surface area contributed by atoms with Crippen LogP contribution in [0.3, 0.4) is 0 Å². The van der Waals surface area contributed by atoms with E-state index in [4.69, 9.17) is 4.52 Å². The molecule has 0 aliphatic carbocycles. The Kier molecular flexibility index (Phi) is 7.27. The molecule has 3 heterocycles. The Bertz CT molecular complexity index is 940. The highest BCUT2D eigenvalue weighted by molar-refractivity contribution is 5.59. The van der Waals surface area contributed by atoms with E-state index in [0.29, 0.717) is 17.8 Å². The average Bonchev–Trinajstić information content (AvgIpc) is 3.28. The molecular weight excluding hydrogens is 393 g/mol. The van der Waals surface area contributed by atoms with Crippen LogP contribution in [0.25, 0.3) is 11.3 Å². The third-order valence-corrected chi connectivity index (χ3v) is 5.83. The first kappa shape index (κ1) is 21.5. The van der Waals surface area contributed by atoms with E-state index in [1.54, 1.807) is 18.2 Å². The minimum atomic E-state index is -0.280. The van der Waals surface area contributed by atoms with Crippen LogP contribution in [0.4, 0.5) is 10.2 Å². The molecule has 0 unspecified atom stereocenters. The fraction of sp³-hybridized carbons (Fsp3) is 0.417. The molecule has 0 atom stereocenters. The van der Waals surface area contributed by atoms with Gasteiger partial charge in [0.2, 0.25) is 0 Å². The van der Waals surface area contributed by atoms with Gasteiger partial charge in [-0.25, -0.2) is 9.37 Å². The molecule has 164 valence electrons. The zero-order valence-electron chi connectivity index (χ0n) is 18.1. The summed E-state index contributed by atoms with van der Waals surface area (Å²) in [6.07, 6.45) is 2.96. The molecule has 0 radical (unpaired) electrons. The fourth-order valence-corrected chi connectivity index (χ4v) is 4.01.